The Morgan fingerprint density at radius 2 is 2.00 bits per heavy atom. The molecule has 3 aromatic rings. The van der Waals surface area contributed by atoms with Crippen LogP contribution in [0.3, 0.4) is 0 Å². The summed E-state index contributed by atoms with van der Waals surface area (Å²) in [4.78, 5) is 29.2. The molecule has 7 heteroatoms. The topological polar surface area (TPSA) is 88.6 Å². The maximum Gasteiger partial charge on any atom is 0.288 e. The summed E-state index contributed by atoms with van der Waals surface area (Å²) in [5.41, 5.74) is 0.830. The number of hydrogen-bond donors (Lipinski definition) is 2. The molecule has 0 radical (unpaired) electrons. The normalized spacial score (nSPS) is 11.0. The van der Waals surface area contributed by atoms with Gasteiger partial charge in [0.1, 0.15) is 5.76 Å². The molecule has 3 rings (SSSR count). The molecule has 2 amide bonds. The fourth-order valence-corrected chi connectivity index (χ4v) is 2.41. The van der Waals surface area contributed by atoms with Crippen LogP contribution in [-0.4, -0.2) is 27.7 Å². The van der Waals surface area contributed by atoms with E-state index in [0.717, 1.165) is 0 Å². The lowest BCUT2D eigenvalue weighted by Crippen LogP contribution is -2.28. The standard InChI is InChI=1S/C18H20N4O3/c1-12(2)10-19-17(23)15-14-7-3-4-8-22(14)16(21-15)18(24)20-11-13-6-5-9-25-13/h3-9,12H,10-11H2,1-2H3,(H,19,23)(H,20,24). The Hall–Kier alpha value is -3.09. The number of nitrogens with one attached hydrogen (secondary N) is 2. The molecule has 25 heavy (non-hydrogen) atoms. The molecule has 0 aliphatic carbocycles. The number of carbonyl (C=O) groups is 2. The highest BCUT2D eigenvalue weighted by molar-refractivity contribution is 6.02. The van der Waals surface area contributed by atoms with Crippen LogP contribution in [0.4, 0.5) is 0 Å². The van der Waals surface area contributed by atoms with E-state index in [-0.39, 0.29) is 29.9 Å². The molecule has 0 aliphatic rings. The average Bonchev–Trinajstić information content (AvgIpc) is 3.25. The van der Waals surface area contributed by atoms with Gasteiger partial charge >= 0.3 is 0 Å². The van der Waals surface area contributed by atoms with Crippen molar-refractivity contribution in [3.63, 3.8) is 0 Å². The highest BCUT2D eigenvalue weighted by Gasteiger charge is 2.21. The molecule has 130 valence electrons. The van der Waals surface area contributed by atoms with E-state index in [1.165, 1.54) is 0 Å². The van der Waals surface area contributed by atoms with Gasteiger partial charge in [-0.2, -0.15) is 0 Å². The lowest BCUT2D eigenvalue weighted by Gasteiger charge is -2.05. The van der Waals surface area contributed by atoms with Gasteiger partial charge in [0.15, 0.2) is 5.69 Å². The number of furan rings is 1. The summed E-state index contributed by atoms with van der Waals surface area (Å²) in [5.74, 6) is 0.470. The predicted molar refractivity (Wildman–Crippen MR) is 92.2 cm³/mol. The Kier molecular flexibility index (Phi) is 4.83. The van der Waals surface area contributed by atoms with E-state index in [9.17, 15) is 9.59 Å². The van der Waals surface area contributed by atoms with Crippen molar-refractivity contribution in [3.05, 3.63) is 60.1 Å². The summed E-state index contributed by atoms with van der Waals surface area (Å²) in [6, 6.07) is 8.88. The minimum Gasteiger partial charge on any atom is -0.467 e. The second-order valence-electron chi connectivity index (χ2n) is 6.11. The molecule has 0 saturated carbocycles. The van der Waals surface area contributed by atoms with Crippen LogP contribution < -0.4 is 10.6 Å². The molecule has 0 aromatic carbocycles. The molecular weight excluding hydrogens is 320 g/mol. The van der Waals surface area contributed by atoms with Gasteiger partial charge in [-0.25, -0.2) is 4.98 Å². The minimum absolute atomic E-state index is 0.164. The third-order valence-electron chi connectivity index (χ3n) is 3.64. The smallest absolute Gasteiger partial charge is 0.288 e. The molecule has 0 aliphatic heterocycles. The van der Waals surface area contributed by atoms with E-state index in [1.54, 1.807) is 47.2 Å². The van der Waals surface area contributed by atoms with Crippen LogP contribution in [0.15, 0.2) is 47.2 Å². The molecule has 0 saturated heterocycles. The zero-order valence-corrected chi connectivity index (χ0v) is 14.2. The van der Waals surface area contributed by atoms with E-state index in [4.69, 9.17) is 4.42 Å². The monoisotopic (exact) mass is 340 g/mol. The van der Waals surface area contributed by atoms with Gasteiger partial charge in [-0.1, -0.05) is 19.9 Å². The van der Waals surface area contributed by atoms with E-state index >= 15 is 0 Å². The summed E-state index contributed by atoms with van der Waals surface area (Å²) in [6.07, 6.45) is 3.26. The molecule has 0 atom stereocenters. The first kappa shape index (κ1) is 16.8. The van der Waals surface area contributed by atoms with Gasteiger partial charge in [0.2, 0.25) is 5.82 Å². The number of carbonyl (C=O) groups excluding carboxylic acids is 2. The Morgan fingerprint density at radius 3 is 2.72 bits per heavy atom. The second kappa shape index (κ2) is 7.21. The van der Waals surface area contributed by atoms with Crippen molar-refractivity contribution < 1.29 is 14.0 Å². The van der Waals surface area contributed by atoms with Gasteiger partial charge in [0.05, 0.1) is 18.3 Å². The summed E-state index contributed by atoms with van der Waals surface area (Å²) in [5, 5.41) is 5.58. The van der Waals surface area contributed by atoms with Gasteiger partial charge in [-0.3, -0.25) is 14.0 Å². The number of nitrogens with zero attached hydrogens (tertiary/aromatic N) is 2. The largest absolute Gasteiger partial charge is 0.467 e. The van der Waals surface area contributed by atoms with Gasteiger partial charge < -0.3 is 15.1 Å². The summed E-state index contributed by atoms with van der Waals surface area (Å²) in [6.45, 7) is 4.82. The molecular formula is C18H20N4O3. The SMILES string of the molecule is CC(C)CNC(=O)c1nc(C(=O)NCc2ccco2)n2ccccc12. The summed E-state index contributed by atoms with van der Waals surface area (Å²) >= 11 is 0. The lowest BCUT2D eigenvalue weighted by molar-refractivity contribution is 0.0937. The third-order valence-corrected chi connectivity index (χ3v) is 3.64. The van der Waals surface area contributed by atoms with E-state index in [2.05, 4.69) is 15.6 Å². The number of hydrogen-bond acceptors (Lipinski definition) is 4. The van der Waals surface area contributed by atoms with Crippen LogP contribution in [0.1, 0.15) is 40.7 Å². The summed E-state index contributed by atoms with van der Waals surface area (Å²) < 4.78 is 6.81. The third kappa shape index (κ3) is 3.71. The highest BCUT2D eigenvalue weighted by atomic mass is 16.3. The predicted octanol–water partition coefficient (Wildman–Crippen LogP) is 2.24. The molecule has 3 aromatic heterocycles. The number of rotatable bonds is 6. The minimum atomic E-state index is -0.375. The molecule has 0 bridgehead atoms. The van der Waals surface area contributed by atoms with Crippen molar-refractivity contribution in [2.24, 2.45) is 5.92 Å². The highest BCUT2D eigenvalue weighted by Crippen LogP contribution is 2.14. The number of amides is 2. The van der Waals surface area contributed by atoms with Gasteiger partial charge in [-0.05, 0) is 30.2 Å². The van der Waals surface area contributed by atoms with Crippen molar-refractivity contribution in [3.8, 4) is 0 Å². The van der Waals surface area contributed by atoms with Crippen LogP contribution in [0.5, 0.6) is 0 Å². The molecule has 3 heterocycles. The second-order valence-corrected chi connectivity index (χ2v) is 6.11. The lowest BCUT2D eigenvalue weighted by atomic mass is 10.2. The van der Waals surface area contributed by atoms with Crippen molar-refractivity contribution >= 4 is 17.3 Å². The number of pyridine rings is 1. The Balaban J connectivity index is 1.85. The quantitative estimate of drug-likeness (QED) is 0.720. The van der Waals surface area contributed by atoms with E-state index in [0.29, 0.717) is 23.7 Å². The molecule has 7 nitrogen and oxygen atoms in total. The van der Waals surface area contributed by atoms with Crippen LogP contribution in [0, 0.1) is 5.92 Å². The molecule has 2 N–H and O–H groups in total. The maximum absolute atomic E-state index is 12.5. The van der Waals surface area contributed by atoms with Gasteiger partial charge in [0.25, 0.3) is 11.8 Å². The van der Waals surface area contributed by atoms with Crippen molar-refractivity contribution in [1.29, 1.82) is 0 Å². The number of aromatic nitrogens is 2. The van der Waals surface area contributed by atoms with Crippen LogP contribution in [0.2, 0.25) is 0 Å². The molecule has 0 fully saturated rings. The van der Waals surface area contributed by atoms with E-state index in [1.807, 2.05) is 13.8 Å². The van der Waals surface area contributed by atoms with E-state index < -0.39 is 0 Å². The Morgan fingerprint density at radius 1 is 1.16 bits per heavy atom. The fraction of sp³-hybridized carbons (Fsp3) is 0.278. The zero-order chi connectivity index (χ0) is 17.8. The van der Waals surface area contributed by atoms with Crippen molar-refractivity contribution in [2.75, 3.05) is 6.54 Å². The molecule has 0 unspecified atom stereocenters. The van der Waals surface area contributed by atoms with Crippen molar-refractivity contribution in [1.82, 2.24) is 20.0 Å². The summed E-state index contributed by atoms with van der Waals surface area (Å²) in [7, 11) is 0. The van der Waals surface area contributed by atoms with Gasteiger partial charge in [0, 0.05) is 12.7 Å². The van der Waals surface area contributed by atoms with Crippen molar-refractivity contribution in [2.45, 2.75) is 20.4 Å². The van der Waals surface area contributed by atoms with Gasteiger partial charge in [-0.15, -0.1) is 0 Å². The Bertz CT molecular complexity index is 881. The maximum atomic E-state index is 12.5. The van der Waals surface area contributed by atoms with Crippen LogP contribution in [-0.2, 0) is 6.54 Å². The van der Waals surface area contributed by atoms with Crippen LogP contribution in [0.25, 0.3) is 5.52 Å². The first-order chi connectivity index (χ1) is 12.1. The fourth-order valence-electron chi connectivity index (χ4n) is 2.41. The first-order valence-corrected chi connectivity index (χ1v) is 8.12. The number of imidazole rings is 1. The Labute approximate surface area is 145 Å². The number of fused-ring (bicyclic) bond motifs is 1. The first-order valence-electron chi connectivity index (χ1n) is 8.12. The average molecular weight is 340 g/mol. The van der Waals surface area contributed by atoms with Crippen LogP contribution >= 0.6 is 0 Å². The zero-order valence-electron chi connectivity index (χ0n) is 14.2. The molecule has 0 spiro atoms.